The van der Waals surface area contributed by atoms with Crippen molar-refractivity contribution in [2.75, 3.05) is 20.6 Å². The van der Waals surface area contributed by atoms with Crippen molar-refractivity contribution in [2.45, 2.75) is 13.0 Å². The number of guanidine groups is 1. The predicted octanol–water partition coefficient (Wildman–Crippen LogP) is 4.20. The Morgan fingerprint density at radius 2 is 2.07 bits per heavy atom. The van der Waals surface area contributed by atoms with Crippen LogP contribution in [0.5, 0.6) is 0 Å². The molecule has 0 aliphatic heterocycles. The van der Waals surface area contributed by atoms with Crippen molar-refractivity contribution in [1.29, 1.82) is 0 Å². The van der Waals surface area contributed by atoms with Gasteiger partial charge in [0.05, 0.1) is 12.1 Å². The first-order chi connectivity index (χ1) is 12.6. The molecule has 0 saturated heterocycles. The van der Waals surface area contributed by atoms with E-state index >= 15 is 0 Å². The van der Waals surface area contributed by atoms with Crippen LogP contribution in [0.15, 0.2) is 58.3 Å². The molecule has 3 aromatic rings. The zero-order valence-corrected chi connectivity index (χ0v) is 19.7. The molecule has 0 bridgehead atoms. The Morgan fingerprint density at radius 3 is 2.78 bits per heavy atom. The average molecular weight is 542 g/mol. The summed E-state index contributed by atoms with van der Waals surface area (Å²) >= 11 is 3.52. The molecule has 5 nitrogen and oxygen atoms in total. The van der Waals surface area contributed by atoms with Crippen LogP contribution < -0.4 is 5.32 Å². The van der Waals surface area contributed by atoms with E-state index in [4.69, 9.17) is 0 Å². The van der Waals surface area contributed by atoms with E-state index in [2.05, 4.69) is 91.3 Å². The van der Waals surface area contributed by atoms with Gasteiger partial charge in [0.25, 0.3) is 0 Å². The Kier molecular flexibility index (Phi) is 8.09. The first-order valence-corrected chi connectivity index (χ1v) is 9.43. The molecule has 144 valence electrons. The van der Waals surface area contributed by atoms with Crippen molar-refractivity contribution in [3.63, 3.8) is 0 Å². The molecule has 3 rings (SSSR count). The molecule has 0 fully saturated rings. The molecule has 0 saturated carbocycles. The molecule has 0 amide bonds. The third-order valence-electron chi connectivity index (χ3n) is 4.44. The fourth-order valence-electron chi connectivity index (χ4n) is 3.10. The number of aromatic nitrogens is 2. The summed E-state index contributed by atoms with van der Waals surface area (Å²) in [6, 6.07) is 12.5. The Hall–Kier alpha value is -1.61. The lowest BCUT2D eigenvalue weighted by molar-refractivity contribution is 0.462. The van der Waals surface area contributed by atoms with Crippen LogP contribution in [0.4, 0.5) is 0 Å². The quantitative estimate of drug-likeness (QED) is 0.299. The fourth-order valence-corrected chi connectivity index (χ4v) is 3.68. The van der Waals surface area contributed by atoms with E-state index in [1.807, 2.05) is 19.3 Å². The van der Waals surface area contributed by atoms with E-state index in [0.29, 0.717) is 0 Å². The molecular weight excluding hydrogens is 517 g/mol. The second kappa shape index (κ2) is 10.1. The average Bonchev–Trinajstić information content (AvgIpc) is 2.95. The molecule has 0 aliphatic carbocycles. The highest BCUT2D eigenvalue weighted by molar-refractivity contribution is 14.0. The van der Waals surface area contributed by atoms with Gasteiger partial charge < -0.3 is 14.8 Å². The Balaban J connectivity index is 0.00000261. The van der Waals surface area contributed by atoms with Gasteiger partial charge in [0, 0.05) is 55.6 Å². The molecular formula is C20H25BrIN5. The molecule has 7 heteroatoms. The number of benzene rings is 1. The molecule has 0 aliphatic rings. The number of nitrogens with zero attached hydrogens (tertiary/aromatic N) is 4. The number of hydrogen-bond donors (Lipinski definition) is 1. The van der Waals surface area contributed by atoms with Crippen LogP contribution in [0.2, 0.25) is 0 Å². The summed E-state index contributed by atoms with van der Waals surface area (Å²) < 4.78 is 3.21. The van der Waals surface area contributed by atoms with Crippen molar-refractivity contribution < 1.29 is 0 Å². The maximum Gasteiger partial charge on any atom is 0.193 e. The maximum atomic E-state index is 4.53. The van der Waals surface area contributed by atoms with Crippen molar-refractivity contribution >= 4 is 56.8 Å². The number of nitrogens with one attached hydrogen (secondary N) is 1. The number of para-hydroxylation sites is 1. The molecule has 0 atom stereocenters. The highest BCUT2D eigenvalue weighted by Crippen LogP contribution is 2.16. The minimum atomic E-state index is 0. The van der Waals surface area contributed by atoms with Crippen LogP contribution in [0, 0.1) is 0 Å². The molecule has 2 aromatic heterocycles. The molecule has 1 N–H and O–H groups in total. The summed E-state index contributed by atoms with van der Waals surface area (Å²) in [5, 5.41) is 4.64. The highest BCUT2D eigenvalue weighted by atomic mass is 127. The van der Waals surface area contributed by atoms with Crippen LogP contribution in [-0.4, -0.2) is 41.1 Å². The van der Waals surface area contributed by atoms with E-state index in [1.54, 1.807) is 0 Å². The summed E-state index contributed by atoms with van der Waals surface area (Å²) in [5.41, 5.74) is 3.55. The third-order valence-corrected chi connectivity index (χ3v) is 4.87. The standard InChI is InChI=1S/C20H24BrN5.HI/c1-22-20(26(3)14-18-12-17(21)13-25(18)2)24-11-9-16-7-4-6-15-8-5-10-23-19(15)16;/h4-8,10,12-13H,9,11,14H2,1-3H3,(H,22,24);1H. The van der Waals surface area contributed by atoms with E-state index in [9.17, 15) is 0 Å². The lowest BCUT2D eigenvalue weighted by atomic mass is 10.1. The van der Waals surface area contributed by atoms with E-state index in [-0.39, 0.29) is 24.0 Å². The van der Waals surface area contributed by atoms with Crippen LogP contribution in [0.3, 0.4) is 0 Å². The Labute approximate surface area is 186 Å². The SMILES string of the molecule is CN=C(NCCc1cccc2cccnc12)N(C)Cc1cc(Br)cn1C.I. The number of fused-ring (bicyclic) bond motifs is 1. The molecule has 2 heterocycles. The van der Waals surface area contributed by atoms with E-state index in [0.717, 1.165) is 35.5 Å². The van der Waals surface area contributed by atoms with Gasteiger partial charge >= 0.3 is 0 Å². The van der Waals surface area contributed by atoms with Crippen molar-refractivity contribution in [1.82, 2.24) is 19.8 Å². The normalized spacial score (nSPS) is 11.3. The molecule has 0 spiro atoms. The Morgan fingerprint density at radius 1 is 1.30 bits per heavy atom. The van der Waals surface area contributed by atoms with Gasteiger partial charge in [0.15, 0.2) is 5.96 Å². The topological polar surface area (TPSA) is 45.5 Å². The number of aryl methyl sites for hydroxylation is 1. The first kappa shape index (κ1) is 21.7. The van der Waals surface area contributed by atoms with Gasteiger partial charge in [0.1, 0.15) is 0 Å². The lowest BCUT2D eigenvalue weighted by Crippen LogP contribution is -2.39. The lowest BCUT2D eigenvalue weighted by Gasteiger charge is -2.22. The maximum absolute atomic E-state index is 4.53. The van der Waals surface area contributed by atoms with Gasteiger partial charge in [-0.1, -0.05) is 24.3 Å². The largest absolute Gasteiger partial charge is 0.356 e. The number of halogens is 2. The first-order valence-electron chi connectivity index (χ1n) is 8.63. The van der Waals surface area contributed by atoms with Crippen molar-refractivity contribution in [3.8, 4) is 0 Å². The summed E-state index contributed by atoms with van der Waals surface area (Å²) in [5.74, 6) is 0.885. The van der Waals surface area contributed by atoms with Crippen LogP contribution >= 0.6 is 39.9 Å². The summed E-state index contributed by atoms with van der Waals surface area (Å²) in [6.07, 6.45) is 4.81. The molecule has 27 heavy (non-hydrogen) atoms. The second-order valence-corrected chi connectivity index (χ2v) is 7.25. The van der Waals surface area contributed by atoms with Gasteiger partial charge in [-0.25, -0.2) is 0 Å². The predicted molar refractivity (Wildman–Crippen MR) is 127 cm³/mol. The zero-order valence-electron chi connectivity index (χ0n) is 15.8. The fraction of sp³-hybridized carbons (Fsp3) is 0.300. The van der Waals surface area contributed by atoms with Gasteiger partial charge in [-0.2, -0.15) is 0 Å². The third kappa shape index (κ3) is 5.44. The number of hydrogen-bond acceptors (Lipinski definition) is 2. The molecule has 1 aromatic carbocycles. The number of pyridine rings is 1. The minimum absolute atomic E-state index is 0. The highest BCUT2D eigenvalue weighted by Gasteiger charge is 2.10. The van der Waals surface area contributed by atoms with Gasteiger partial charge in [-0.05, 0) is 40.0 Å². The van der Waals surface area contributed by atoms with Crippen molar-refractivity contribution in [2.24, 2.45) is 12.0 Å². The monoisotopic (exact) mass is 541 g/mol. The number of rotatable bonds is 5. The zero-order chi connectivity index (χ0) is 18.5. The Bertz CT molecular complexity index is 916. The number of aliphatic imine (C=N–C) groups is 1. The van der Waals surface area contributed by atoms with E-state index in [1.165, 1.54) is 16.6 Å². The second-order valence-electron chi connectivity index (χ2n) is 6.33. The molecule has 0 radical (unpaired) electrons. The van der Waals surface area contributed by atoms with Crippen molar-refractivity contribution in [3.05, 3.63) is 64.5 Å². The van der Waals surface area contributed by atoms with Crippen LogP contribution in [0.25, 0.3) is 10.9 Å². The van der Waals surface area contributed by atoms with Gasteiger partial charge in [0.2, 0.25) is 0 Å². The van der Waals surface area contributed by atoms with Crippen LogP contribution in [0.1, 0.15) is 11.3 Å². The molecule has 0 unspecified atom stereocenters. The van der Waals surface area contributed by atoms with E-state index < -0.39 is 0 Å². The summed E-state index contributed by atoms with van der Waals surface area (Å²) in [7, 11) is 5.92. The van der Waals surface area contributed by atoms with Gasteiger partial charge in [-0.3, -0.25) is 9.98 Å². The van der Waals surface area contributed by atoms with Crippen LogP contribution in [-0.2, 0) is 20.0 Å². The van der Waals surface area contributed by atoms with Gasteiger partial charge in [-0.15, -0.1) is 24.0 Å². The smallest absolute Gasteiger partial charge is 0.193 e. The summed E-state index contributed by atoms with van der Waals surface area (Å²) in [6.45, 7) is 1.60. The minimum Gasteiger partial charge on any atom is -0.356 e. The summed E-state index contributed by atoms with van der Waals surface area (Å²) in [4.78, 5) is 11.1.